The third kappa shape index (κ3) is 2.71. The SMILES string of the molecule is CCOc1cc2c(cc1N(C(C)=O)S(=O)(=O)O)CCC1=C2CC[C@]2(C)[C@@H](O)C[C@@H]3C[C@@]132. The first-order chi connectivity index (χ1) is 14.5. The molecule has 5 rings (SSSR count). The summed E-state index contributed by atoms with van der Waals surface area (Å²) in [6.07, 6.45) is 5.17. The van der Waals surface area contributed by atoms with Crippen LogP contribution >= 0.6 is 0 Å². The highest BCUT2D eigenvalue weighted by Gasteiger charge is 2.74. The summed E-state index contributed by atoms with van der Waals surface area (Å²) in [5.41, 5.74) is 4.86. The zero-order chi connectivity index (χ0) is 22.3. The van der Waals surface area contributed by atoms with Gasteiger partial charge in [-0.15, -0.1) is 0 Å². The molecule has 0 aliphatic heterocycles. The van der Waals surface area contributed by atoms with Crippen molar-refractivity contribution in [3.8, 4) is 5.75 Å². The van der Waals surface area contributed by atoms with Gasteiger partial charge in [-0.3, -0.25) is 9.35 Å². The average Bonchev–Trinajstić information content (AvgIpc) is 3.33. The molecule has 0 unspecified atom stereocenters. The molecule has 0 aromatic heterocycles. The minimum atomic E-state index is -4.77. The van der Waals surface area contributed by atoms with Crippen molar-refractivity contribution in [3.05, 3.63) is 28.8 Å². The molecule has 168 valence electrons. The Morgan fingerprint density at radius 1 is 1.29 bits per heavy atom. The van der Waals surface area contributed by atoms with E-state index < -0.39 is 16.2 Å². The Balaban J connectivity index is 1.67. The summed E-state index contributed by atoms with van der Waals surface area (Å²) in [7, 11) is -4.77. The maximum absolute atomic E-state index is 12.1. The second kappa shape index (κ2) is 6.56. The van der Waals surface area contributed by atoms with Crippen molar-refractivity contribution in [1.29, 1.82) is 0 Å². The Kier molecular flexibility index (Phi) is 4.44. The second-order valence-electron chi connectivity index (χ2n) is 9.67. The van der Waals surface area contributed by atoms with Crippen LogP contribution in [0.4, 0.5) is 5.69 Å². The lowest BCUT2D eigenvalue weighted by Crippen LogP contribution is -2.41. The van der Waals surface area contributed by atoms with E-state index in [4.69, 9.17) is 4.74 Å². The smallest absolute Gasteiger partial charge is 0.366 e. The summed E-state index contributed by atoms with van der Waals surface area (Å²) in [5.74, 6) is 0.0254. The zero-order valence-corrected chi connectivity index (χ0v) is 19.0. The lowest BCUT2D eigenvalue weighted by atomic mass is 9.59. The molecule has 2 N–H and O–H groups in total. The van der Waals surface area contributed by atoms with Gasteiger partial charge in [0.2, 0.25) is 5.91 Å². The summed E-state index contributed by atoms with van der Waals surface area (Å²) < 4.78 is 39.7. The number of carbonyl (C=O) groups is 1. The number of fused-ring (bicyclic) bond motifs is 2. The van der Waals surface area contributed by atoms with Gasteiger partial charge < -0.3 is 9.84 Å². The third-order valence-electron chi connectivity index (χ3n) is 8.35. The number of rotatable bonds is 4. The number of carbonyl (C=O) groups excluding carboxylic acids is 1. The van der Waals surface area contributed by atoms with Crippen LogP contribution in [0.15, 0.2) is 17.7 Å². The van der Waals surface area contributed by atoms with Gasteiger partial charge in [0.1, 0.15) is 11.4 Å². The molecule has 1 aromatic rings. The number of allylic oxidation sites excluding steroid dienone is 2. The summed E-state index contributed by atoms with van der Waals surface area (Å²) in [5, 5.41) is 10.7. The molecule has 1 amide bonds. The zero-order valence-electron chi connectivity index (χ0n) is 18.1. The predicted molar refractivity (Wildman–Crippen MR) is 116 cm³/mol. The van der Waals surface area contributed by atoms with E-state index in [9.17, 15) is 22.9 Å². The molecular formula is C23H29NO6S. The third-order valence-corrected chi connectivity index (χ3v) is 9.27. The Hall–Kier alpha value is -1.90. The lowest BCUT2D eigenvalue weighted by Gasteiger charge is -2.46. The quantitative estimate of drug-likeness (QED) is 0.685. The van der Waals surface area contributed by atoms with Crippen molar-refractivity contribution >= 4 is 27.5 Å². The van der Waals surface area contributed by atoms with Crippen molar-refractivity contribution in [3.63, 3.8) is 0 Å². The highest BCUT2D eigenvalue weighted by molar-refractivity contribution is 7.88. The number of ether oxygens (including phenoxy) is 1. The minimum Gasteiger partial charge on any atom is -0.492 e. The first-order valence-electron chi connectivity index (χ1n) is 11.0. The summed E-state index contributed by atoms with van der Waals surface area (Å²) in [6.45, 7) is 5.43. The minimum absolute atomic E-state index is 0.0547. The molecule has 0 heterocycles. The molecule has 8 heteroatoms. The van der Waals surface area contributed by atoms with Gasteiger partial charge in [0.25, 0.3) is 0 Å². The molecule has 0 saturated heterocycles. The highest BCUT2D eigenvalue weighted by Crippen LogP contribution is 2.80. The van der Waals surface area contributed by atoms with Crippen molar-refractivity contribution < 1.29 is 27.6 Å². The number of aliphatic hydroxyl groups is 1. The van der Waals surface area contributed by atoms with Crippen LogP contribution in [0, 0.1) is 16.7 Å². The Morgan fingerprint density at radius 2 is 2.03 bits per heavy atom. The van der Waals surface area contributed by atoms with E-state index >= 15 is 0 Å². The second-order valence-corrected chi connectivity index (χ2v) is 10.9. The van der Waals surface area contributed by atoms with Crippen LogP contribution in [0.2, 0.25) is 0 Å². The summed E-state index contributed by atoms with van der Waals surface area (Å²) in [4.78, 5) is 12.1. The normalized spacial score (nSPS) is 33.2. The molecule has 7 nitrogen and oxygen atoms in total. The van der Waals surface area contributed by atoms with Gasteiger partial charge in [0.05, 0.1) is 12.7 Å². The summed E-state index contributed by atoms with van der Waals surface area (Å²) in [6, 6.07) is 3.52. The first-order valence-corrected chi connectivity index (χ1v) is 12.4. The number of amides is 1. The number of nitrogens with zero attached hydrogens (tertiary/aromatic N) is 1. The number of aliphatic hydroxyl groups excluding tert-OH is 1. The van der Waals surface area contributed by atoms with E-state index in [0.717, 1.165) is 56.6 Å². The van der Waals surface area contributed by atoms with Crippen LogP contribution < -0.4 is 9.04 Å². The molecule has 2 saturated carbocycles. The van der Waals surface area contributed by atoms with Crippen molar-refractivity contribution in [1.82, 2.24) is 0 Å². The molecule has 0 bridgehead atoms. The Labute approximate surface area is 183 Å². The van der Waals surface area contributed by atoms with Gasteiger partial charge >= 0.3 is 10.3 Å². The molecule has 1 spiro atoms. The molecule has 0 radical (unpaired) electrons. The molecule has 4 aliphatic rings. The van der Waals surface area contributed by atoms with E-state index in [0.29, 0.717) is 16.8 Å². The van der Waals surface area contributed by atoms with Crippen molar-refractivity contribution in [2.75, 3.05) is 10.9 Å². The number of hydrogen-bond acceptors (Lipinski definition) is 5. The van der Waals surface area contributed by atoms with Crippen LogP contribution in [-0.2, 0) is 21.5 Å². The van der Waals surface area contributed by atoms with Crippen LogP contribution in [0.3, 0.4) is 0 Å². The number of benzene rings is 1. The van der Waals surface area contributed by atoms with Gasteiger partial charge in [-0.25, -0.2) is 0 Å². The van der Waals surface area contributed by atoms with E-state index in [2.05, 4.69) is 6.92 Å². The van der Waals surface area contributed by atoms with Gasteiger partial charge in [-0.1, -0.05) is 12.5 Å². The molecule has 2 fully saturated rings. The fourth-order valence-corrected chi connectivity index (χ4v) is 7.68. The van der Waals surface area contributed by atoms with E-state index in [1.807, 2.05) is 6.07 Å². The van der Waals surface area contributed by atoms with Crippen LogP contribution in [0.5, 0.6) is 5.75 Å². The fraction of sp³-hybridized carbons (Fsp3) is 0.609. The van der Waals surface area contributed by atoms with E-state index in [1.165, 1.54) is 11.1 Å². The number of anilines is 1. The Morgan fingerprint density at radius 3 is 2.68 bits per heavy atom. The van der Waals surface area contributed by atoms with Crippen LogP contribution in [0.1, 0.15) is 64.0 Å². The fourth-order valence-electron chi connectivity index (χ4n) is 6.97. The standard InChI is InChI=1S/C23H29NO6S/c1-4-30-20-11-17-14(9-19(20)24(13(2)25)31(27,28)29)5-6-18-16(17)7-8-22(3)21(26)10-15-12-23(15,18)22/h9,11,15,21,26H,4-8,10,12H2,1-3H3,(H,27,28,29)/t15-,21+,22-,23+/m1/s1. The molecule has 1 aromatic carbocycles. The molecule has 4 atom stereocenters. The van der Waals surface area contributed by atoms with Gasteiger partial charge in [-0.05, 0) is 80.2 Å². The van der Waals surface area contributed by atoms with Gasteiger partial charge in [-0.2, -0.15) is 12.7 Å². The average molecular weight is 448 g/mol. The topological polar surface area (TPSA) is 104 Å². The number of aryl methyl sites for hydroxylation is 1. The largest absolute Gasteiger partial charge is 0.492 e. The molecular weight excluding hydrogens is 418 g/mol. The van der Waals surface area contributed by atoms with Crippen LogP contribution in [-0.4, -0.2) is 36.7 Å². The maximum Gasteiger partial charge on any atom is 0.366 e. The molecule has 4 aliphatic carbocycles. The Bertz CT molecular complexity index is 1130. The predicted octanol–water partition coefficient (Wildman–Crippen LogP) is 3.51. The molecule has 31 heavy (non-hydrogen) atoms. The van der Waals surface area contributed by atoms with Crippen molar-refractivity contribution in [2.45, 2.75) is 65.4 Å². The lowest BCUT2D eigenvalue weighted by molar-refractivity contribution is -0.115. The number of hydrogen-bond donors (Lipinski definition) is 2. The van der Waals surface area contributed by atoms with Gasteiger partial charge in [0.15, 0.2) is 0 Å². The first kappa shape index (κ1) is 21.0. The van der Waals surface area contributed by atoms with Crippen molar-refractivity contribution in [2.24, 2.45) is 16.7 Å². The monoisotopic (exact) mass is 447 g/mol. The van der Waals surface area contributed by atoms with E-state index in [-0.39, 0.29) is 28.4 Å². The van der Waals surface area contributed by atoms with E-state index in [1.54, 1.807) is 13.0 Å². The van der Waals surface area contributed by atoms with Crippen LogP contribution in [0.25, 0.3) is 5.57 Å². The van der Waals surface area contributed by atoms with Gasteiger partial charge in [0, 0.05) is 17.8 Å². The summed E-state index contributed by atoms with van der Waals surface area (Å²) >= 11 is 0. The maximum atomic E-state index is 12.1. The highest BCUT2D eigenvalue weighted by atomic mass is 32.2.